The van der Waals surface area contributed by atoms with Crippen molar-refractivity contribution in [1.82, 2.24) is 0 Å². The van der Waals surface area contributed by atoms with Crippen molar-refractivity contribution in [2.75, 3.05) is 23.7 Å². The molecule has 2 rings (SSSR count). The number of carbonyl (C=O) groups excluding carboxylic acids is 1. The summed E-state index contributed by atoms with van der Waals surface area (Å²) in [5, 5.41) is 0.629. The first-order valence-electron chi connectivity index (χ1n) is 7.07. The topological polar surface area (TPSA) is 105 Å². The summed E-state index contributed by atoms with van der Waals surface area (Å²) in [5.41, 5.74) is 0.383. The van der Waals surface area contributed by atoms with Crippen molar-refractivity contribution in [2.24, 2.45) is 0 Å². The molecule has 0 bridgehead atoms. The Morgan fingerprint density at radius 3 is 2.62 bits per heavy atom. The molecule has 24 heavy (non-hydrogen) atoms. The molecule has 0 saturated carbocycles. The normalized spacial score (nSPS) is 11.1. The first-order valence-corrected chi connectivity index (χ1v) is 8.68. The monoisotopic (exact) mass is 363 g/mol. The molecule has 1 aromatic heterocycles. The van der Waals surface area contributed by atoms with Crippen molar-refractivity contribution in [3.8, 4) is 0 Å². The van der Waals surface area contributed by atoms with Crippen LogP contribution in [0.15, 0.2) is 33.5 Å². The predicted molar refractivity (Wildman–Crippen MR) is 87.9 cm³/mol. The van der Waals surface area contributed by atoms with E-state index < -0.39 is 15.7 Å². The van der Waals surface area contributed by atoms with Crippen molar-refractivity contribution in [1.29, 1.82) is 0 Å². The van der Waals surface area contributed by atoms with Gasteiger partial charge in [0.1, 0.15) is 11.1 Å². The molecule has 0 atom stereocenters. The Balaban J connectivity index is 0.00000288. The molecular formula is C15H18NNaO6S. The van der Waals surface area contributed by atoms with E-state index in [1.54, 1.807) is 18.2 Å². The molecular weight excluding hydrogens is 345 g/mol. The van der Waals surface area contributed by atoms with Crippen molar-refractivity contribution in [3.63, 3.8) is 0 Å². The maximum atomic E-state index is 11.6. The second-order valence-electron chi connectivity index (χ2n) is 5.05. The van der Waals surface area contributed by atoms with Crippen LogP contribution in [0.3, 0.4) is 0 Å². The molecule has 0 aliphatic carbocycles. The van der Waals surface area contributed by atoms with E-state index in [1.165, 1.54) is 6.07 Å². The van der Waals surface area contributed by atoms with Crippen LogP contribution in [0, 0.1) is 0 Å². The Bertz CT molecular complexity index is 883. The number of fused-ring (bicyclic) bond motifs is 1. The number of benzene rings is 1. The van der Waals surface area contributed by atoms with Crippen LogP contribution in [0.2, 0.25) is 0 Å². The third-order valence-corrected chi connectivity index (χ3v) is 4.26. The maximum Gasteiger partial charge on any atom is 1.00 e. The van der Waals surface area contributed by atoms with Crippen LogP contribution in [0.5, 0.6) is 0 Å². The van der Waals surface area contributed by atoms with Gasteiger partial charge in [0.05, 0.1) is 5.75 Å². The van der Waals surface area contributed by atoms with E-state index in [1.807, 2.05) is 11.8 Å². The molecule has 0 fully saturated rings. The summed E-state index contributed by atoms with van der Waals surface area (Å²) < 4.78 is 35.4. The van der Waals surface area contributed by atoms with Gasteiger partial charge < -0.3 is 10.7 Å². The van der Waals surface area contributed by atoms with Crippen molar-refractivity contribution < 1.29 is 53.2 Å². The number of carbonyl (C=O) groups is 1. The average Bonchev–Trinajstić information content (AvgIpc) is 2.49. The van der Waals surface area contributed by atoms with Gasteiger partial charge in [-0.25, -0.2) is 4.79 Å². The summed E-state index contributed by atoms with van der Waals surface area (Å²) in [6.45, 7) is 2.95. The molecule has 1 N–H and O–H groups in total. The number of rotatable bonds is 7. The van der Waals surface area contributed by atoms with Gasteiger partial charge in [-0.2, -0.15) is 8.42 Å². The van der Waals surface area contributed by atoms with Crippen molar-refractivity contribution in [2.45, 2.75) is 13.3 Å². The van der Waals surface area contributed by atoms with E-state index in [4.69, 9.17) is 8.97 Å². The van der Waals surface area contributed by atoms with Gasteiger partial charge in [-0.05, 0) is 31.5 Å². The minimum atomic E-state index is -3.98. The Hall–Kier alpha value is -1.19. The summed E-state index contributed by atoms with van der Waals surface area (Å²) in [6.07, 6.45) is 0.728. The zero-order valence-electron chi connectivity index (χ0n) is 14.6. The fraction of sp³-hybridized carbons (Fsp3) is 0.333. The summed E-state index contributed by atoms with van der Waals surface area (Å²) in [5.74, 6) is -0.311. The average molecular weight is 363 g/mol. The van der Waals surface area contributed by atoms with Crippen LogP contribution in [0.4, 0.5) is 5.69 Å². The number of aldehydes is 1. The zero-order chi connectivity index (χ0) is 17.0. The molecule has 0 aliphatic rings. The van der Waals surface area contributed by atoms with E-state index in [9.17, 15) is 18.0 Å². The number of nitrogens with zero attached hydrogens (tertiary/aromatic N) is 1. The van der Waals surface area contributed by atoms with E-state index in [0.717, 1.165) is 5.69 Å². The Kier molecular flexibility index (Phi) is 7.62. The van der Waals surface area contributed by atoms with Crippen LogP contribution in [-0.2, 0) is 10.1 Å². The van der Waals surface area contributed by atoms with E-state index in [-0.39, 0.29) is 48.7 Å². The number of hydrogen-bond donors (Lipinski definition) is 1. The van der Waals surface area contributed by atoms with Crippen molar-refractivity contribution in [3.05, 3.63) is 40.2 Å². The molecule has 1 heterocycles. The van der Waals surface area contributed by atoms with Gasteiger partial charge in [0.15, 0.2) is 6.29 Å². The van der Waals surface area contributed by atoms with E-state index in [2.05, 4.69) is 0 Å². The predicted octanol–water partition coefficient (Wildman–Crippen LogP) is -1.17. The second-order valence-corrected chi connectivity index (χ2v) is 6.62. The van der Waals surface area contributed by atoms with E-state index in [0.29, 0.717) is 30.3 Å². The van der Waals surface area contributed by atoms with E-state index >= 15 is 0 Å². The fourth-order valence-corrected chi connectivity index (χ4v) is 2.80. The first-order chi connectivity index (χ1) is 10.8. The fourth-order valence-electron chi connectivity index (χ4n) is 2.30. The molecule has 126 valence electrons. The maximum absolute atomic E-state index is 11.6. The number of anilines is 1. The molecule has 7 nitrogen and oxygen atoms in total. The summed E-state index contributed by atoms with van der Waals surface area (Å²) >= 11 is 0. The van der Waals surface area contributed by atoms with Gasteiger partial charge in [-0.1, -0.05) is 0 Å². The van der Waals surface area contributed by atoms with Crippen molar-refractivity contribution >= 4 is 33.1 Å². The Labute approximate surface area is 163 Å². The SMILES string of the molecule is CCN(CCCS(=O)(=O)O)c1ccc2cc(C=O)c(=O)oc2c1.[H-].[Na+]. The Morgan fingerprint density at radius 1 is 1.33 bits per heavy atom. The molecule has 9 heteroatoms. The molecule has 0 unspecified atom stereocenters. The Morgan fingerprint density at radius 2 is 2.04 bits per heavy atom. The minimum Gasteiger partial charge on any atom is -1.00 e. The van der Waals surface area contributed by atoms with Crippen LogP contribution in [-0.4, -0.2) is 38.1 Å². The zero-order valence-corrected chi connectivity index (χ0v) is 16.4. The smallest absolute Gasteiger partial charge is 1.00 e. The van der Waals surface area contributed by atoms with Crippen LogP contribution in [0.1, 0.15) is 25.1 Å². The summed E-state index contributed by atoms with van der Waals surface area (Å²) in [4.78, 5) is 24.2. The molecule has 0 aliphatic heterocycles. The standard InChI is InChI=1S/C15H17NO6S.Na.H/c1-2-16(6-3-7-23(19,20)21)13-5-4-11-8-12(10-17)15(18)22-14(11)9-13;;/h4-5,8-10H,2-3,6-7H2,1H3,(H,19,20,21);;/q;+1;-1. The molecule has 0 spiro atoms. The van der Waals surface area contributed by atoms with Gasteiger partial charge >= 0.3 is 35.2 Å². The molecule has 0 amide bonds. The van der Waals surface area contributed by atoms with Crippen LogP contribution in [0.25, 0.3) is 11.0 Å². The van der Waals surface area contributed by atoms with Crippen LogP contribution >= 0.6 is 0 Å². The third-order valence-electron chi connectivity index (χ3n) is 3.45. The van der Waals surface area contributed by atoms with Crippen LogP contribution < -0.4 is 40.1 Å². The molecule has 0 radical (unpaired) electrons. The molecule has 2 aromatic rings. The number of hydrogen-bond acceptors (Lipinski definition) is 6. The largest absolute Gasteiger partial charge is 1.00 e. The van der Waals surface area contributed by atoms with Gasteiger partial charge in [0, 0.05) is 30.2 Å². The first kappa shape index (κ1) is 20.9. The minimum absolute atomic E-state index is 0. The summed E-state index contributed by atoms with van der Waals surface area (Å²) in [6, 6.07) is 6.66. The summed E-state index contributed by atoms with van der Waals surface area (Å²) in [7, 11) is -3.98. The second kappa shape index (κ2) is 8.77. The molecule has 0 saturated heterocycles. The van der Waals surface area contributed by atoms with Gasteiger partial charge in [0.2, 0.25) is 0 Å². The van der Waals surface area contributed by atoms with Gasteiger partial charge in [-0.15, -0.1) is 0 Å². The van der Waals surface area contributed by atoms with Gasteiger partial charge in [-0.3, -0.25) is 9.35 Å². The third kappa shape index (κ3) is 5.42. The molecule has 1 aromatic carbocycles. The van der Waals surface area contributed by atoms with Gasteiger partial charge in [0.25, 0.3) is 10.1 Å². The quantitative estimate of drug-likeness (QED) is 0.286.